The zero-order valence-electron chi connectivity index (χ0n) is 11.3. The normalized spacial score (nSPS) is 20.5. The fraction of sp³-hybridized carbons (Fsp3) is 0.692. The maximum absolute atomic E-state index is 12.4. The van der Waals surface area contributed by atoms with E-state index >= 15 is 0 Å². The van der Waals surface area contributed by atoms with Gasteiger partial charge in [0.1, 0.15) is 0 Å². The van der Waals surface area contributed by atoms with Crippen LogP contribution in [-0.2, 0) is 11.2 Å². The first kappa shape index (κ1) is 13.5. The number of aromatic nitrogens is 1. The molecule has 1 amide bonds. The van der Waals surface area contributed by atoms with Crippen LogP contribution < -0.4 is 10.2 Å². The van der Waals surface area contributed by atoms with Crippen molar-refractivity contribution < 1.29 is 4.79 Å². The standard InChI is InChI=1S/C13H21N3OS/c1-4-10-9(3)18-13(15-10)16-8-6-7-11(12(16)17)14-5-2/h11,14H,4-8H2,1-3H3. The second-order valence-corrected chi connectivity index (χ2v) is 5.78. The Bertz CT molecular complexity index is 428. The molecule has 1 fully saturated rings. The molecule has 1 aromatic rings. The predicted molar refractivity (Wildman–Crippen MR) is 75.3 cm³/mol. The van der Waals surface area contributed by atoms with E-state index in [2.05, 4.69) is 24.1 Å². The SMILES string of the molecule is CCNC1CCCN(c2nc(CC)c(C)s2)C1=O. The summed E-state index contributed by atoms with van der Waals surface area (Å²) in [6.07, 6.45) is 2.92. The third-order valence-electron chi connectivity index (χ3n) is 3.34. The largest absolute Gasteiger partial charge is 0.306 e. The maximum atomic E-state index is 12.4. The lowest BCUT2D eigenvalue weighted by atomic mass is 10.1. The van der Waals surface area contributed by atoms with E-state index in [-0.39, 0.29) is 11.9 Å². The zero-order valence-corrected chi connectivity index (χ0v) is 12.1. The zero-order chi connectivity index (χ0) is 13.1. The molecule has 1 atom stereocenters. The average Bonchev–Trinajstić information content (AvgIpc) is 2.73. The van der Waals surface area contributed by atoms with Crippen LogP contribution in [0.3, 0.4) is 0 Å². The summed E-state index contributed by atoms with van der Waals surface area (Å²) < 4.78 is 0. The fourth-order valence-electron chi connectivity index (χ4n) is 2.36. The first-order valence-corrected chi connectivity index (χ1v) is 7.50. The lowest BCUT2D eigenvalue weighted by molar-refractivity contribution is -0.121. The third-order valence-corrected chi connectivity index (χ3v) is 4.37. The van der Waals surface area contributed by atoms with Gasteiger partial charge in [-0.2, -0.15) is 0 Å². The molecule has 0 aliphatic carbocycles. The molecule has 5 heteroatoms. The van der Waals surface area contributed by atoms with Crippen LogP contribution in [0.5, 0.6) is 0 Å². The summed E-state index contributed by atoms with van der Waals surface area (Å²) in [6, 6.07) is -0.0296. The molecule has 18 heavy (non-hydrogen) atoms. The minimum Gasteiger partial charge on any atom is -0.306 e. The molecule has 0 radical (unpaired) electrons. The number of anilines is 1. The first-order valence-electron chi connectivity index (χ1n) is 6.68. The number of likely N-dealkylation sites (N-methyl/N-ethyl adjacent to an activating group) is 1. The van der Waals surface area contributed by atoms with Gasteiger partial charge in [-0.15, -0.1) is 11.3 Å². The lowest BCUT2D eigenvalue weighted by Crippen LogP contribution is -2.50. The van der Waals surface area contributed by atoms with Gasteiger partial charge in [-0.3, -0.25) is 9.69 Å². The monoisotopic (exact) mass is 267 g/mol. The van der Waals surface area contributed by atoms with Gasteiger partial charge in [0, 0.05) is 11.4 Å². The van der Waals surface area contributed by atoms with Crippen molar-refractivity contribution in [1.29, 1.82) is 0 Å². The number of amides is 1. The van der Waals surface area contributed by atoms with E-state index in [1.807, 2.05) is 11.8 Å². The smallest absolute Gasteiger partial charge is 0.245 e. The summed E-state index contributed by atoms with van der Waals surface area (Å²) in [5, 5.41) is 4.13. The molecule has 2 heterocycles. The van der Waals surface area contributed by atoms with Crippen molar-refractivity contribution in [3.63, 3.8) is 0 Å². The van der Waals surface area contributed by atoms with Crippen LogP contribution >= 0.6 is 11.3 Å². The van der Waals surface area contributed by atoms with Crippen LogP contribution in [0.1, 0.15) is 37.3 Å². The Kier molecular flexibility index (Phi) is 4.35. The van der Waals surface area contributed by atoms with E-state index in [0.29, 0.717) is 0 Å². The summed E-state index contributed by atoms with van der Waals surface area (Å²) in [7, 11) is 0. The van der Waals surface area contributed by atoms with Gasteiger partial charge in [-0.05, 0) is 32.7 Å². The van der Waals surface area contributed by atoms with Crippen molar-refractivity contribution >= 4 is 22.4 Å². The van der Waals surface area contributed by atoms with Crippen molar-refractivity contribution in [2.24, 2.45) is 0 Å². The van der Waals surface area contributed by atoms with Crippen LogP contribution in [0, 0.1) is 6.92 Å². The molecule has 1 unspecified atom stereocenters. The number of carbonyl (C=O) groups excluding carboxylic acids is 1. The number of nitrogens with zero attached hydrogens (tertiary/aromatic N) is 2. The molecule has 1 saturated heterocycles. The third kappa shape index (κ3) is 2.57. The highest BCUT2D eigenvalue weighted by Crippen LogP contribution is 2.28. The number of hydrogen-bond donors (Lipinski definition) is 1. The van der Waals surface area contributed by atoms with Crippen molar-refractivity contribution in [2.45, 2.75) is 46.1 Å². The van der Waals surface area contributed by atoms with Gasteiger partial charge in [0.2, 0.25) is 5.91 Å². The van der Waals surface area contributed by atoms with Crippen LogP contribution in [0.25, 0.3) is 0 Å². The topological polar surface area (TPSA) is 45.2 Å². The number of rotatable bonds is 4. The molecular formula is C13H21N3OS. The van der Waals surface area contributed by atoms with E-state index < -0.39 is 0 Å². The van der Waals surface area contributed by atoms with E-state index in [1.165, 1.54) is 4.88 Å². The number of carbonyl (C=O) groups is 1. The van der Waals surface area contributed by atoms with Crippen molar-refractivity contribution in [3.05, 3.63) is 10.6 Å². The Morgan fingerprint density at radius 2 is 2.28 bits per heavy atom. The van der Waals surface area contributed by atoms with Crippen LogP contribution in [0.2, 0.25) is 0 Å². The van der Waals surface area contributed by atoms with Gasteiger partial charge < -0.3 is 5.32 Å². The van der Waals surface area contributed by atoms with Gasteiger partial charge >= 0.3 is 0 Å². The predicted octanol–water partition coefficient (Wildman–Crippen LogP) is 2.12. The van der Waals surface area contributed by atoms with Crippen molar-refractivity contribution in [3.8, 4) is 0 Å². The highest BCUT2D eigenvalue weighted by atomic mass is 32.1. The van der Waals surface area contributed by atoms with E-state index in [4.69, 9.17) is 0 Å². The second kappa shape index (κ2) is 5.80. The highest BCUT2D eigenvalue weighted by molar-refractivity contribution is 7.15. The molecule has 1 aliphatic heterocycles. The first-order chi connectivity index (χ1) is 8.67. The van der Waals surface area contributed by atoms with Gasteiger partial charge in [-0.1, -0.05) is 13.8 Å². The van der Waals surface area contributed by atoms with Gasteiger partial charge in [0.15, 0.2) is 5.13 Å². The Labute approximate surface area is 112 Å². The molecule has 0 bridgehead atoms. The van der Waals surface area contributed by atoms with Crippen LogP contribution in [-0.4, -0.2) is 30.0 Å². The molecule has 0 spiro atoms. The Morgan fingerprint density at radius 1 is 1.50 bits per heavy atom. The summed E-state index contributed by atoms with van der Waals surface area (Å²) in [5.41, 5.74) is 1.12. The molecule has 1 N–H and O–H groups in total. The van der Waals surface area contributed by atoms with Gasteiger partial charge in [0.05, 0.1) is 11.7 Å². The van der Waals surface area contributed by atoms with Crippen LogP contribution in [0.4, 0.5) is 5.13 Å². The molecule has 0 aromatic carbocycles. The number of nitrogens with one attached hydrogen (secondary N) is 1. The molecular weight excluding hydrogens is 246 g/mol. The summed E-state index contributed by atoms with van der Waals surface area (Å²) in [6.45, 7) is 7.86. The van der Waals surface area contributed by atoms with Crippen molar-refractivity contribution in [1.82, 2.24) is 10.3 Å². The molecule has 1 aliphatic rings. The Morgan fingerprint density at radius 3 is 2.89 bits per heavy atom. The maximum Gasteiger partial charge on any atom is 0.245 e. The average molecular weight is 267 g/mol. The highest BCUT2D eigenvalue weighted by Gasteiger charge is 2.30. The number of hydrogen-bond acceptors (Lipinski definition) is 4. The second-order valence-electron chi connectivity index (χ2n) is 4.60. The summed E-state index contributed by atoms with van der Waals surface area (Å²) >= 11 is 1.64. The number of aryl methyl sites for hydroxylation is 2. The fourth-order valence-corrected chi connectivity index (χ4v) is 3.39. The van der Waals surface area contributed by atoms with E-state index in [9.17, 15) is 4.79 Å². The molecule has 2 rings (SSSR count). The quantitative estimate of drug-likeness (QED) is 0.909. The molecule has 0 saturated carbocycles. The Hall–Kier alpha value is -0.940. The number of piperidine rings is 1. The van der Waals surface area contributed by atoms with Gasteiger partial charge in [-0.25, -0.2) is 4.98 Å². The minimum atomic E-state index is -0.0296. The molecule has 100 valence electrons. The van der Waals surface area contributed by atoms with E-state index in [1.54, 1.807) is 11.3 Å². The lowest BCUT2D eigenvalue weighted by Gasteiger charge is -2.30. The summed E-state index contributed by atoms with van der Waals surface area (Å²) in [5.74, 6) is 0.180. The molecule has 4 nitrogen and oxygen atoms in total. The van der Waals surface area contributed by atoms with Gasteiger partial charge in [0.25, 0.3) is 0 Å². The van der Waals surface area contributed by atoms with Crippen LogP contribution in [0.15, 0.2) is 0 Å². The minimum absolute atomic E-state index is 0.0296. The van der Waals surface area contributed by atoms with Crippen molar-refractivity contribution in [2.75, 3.05) is 18.0 Å². The summed E-state index contributed by atoms with van der Waals surface area (Å²) in [4.78, 5) is 20.0. The number of thiazole rings is 1. The molecule has 1 aromatic heterocycles. The van der Waals surface area contributed by atoms with E-state index in [0.717, 1.165) is 43.2 Å². The Balaban J connectivity index is 2.18.